The summed E-state index contributed by atoms with van der Waals surface area (Å²) in [4.78, 5) is 11.9. The van der Waals surface area contributed by atoms with Crippen LogP contribution in [0, 0.1) is 23.4 Å². The van der Waals surface area contributed by atoms with Crippen molar-refractivity contribution in [3.8, 4) is 0 Å². The maximum absolute atomic E-state index is 13.5. The highest BCUT2D eigenvalue weighted by Gasteiger charge is 2.33. The minimum atomic E-state index is -1.32. The second-order valence-corrected chi connectivity index (χ2v) is 5.47. The third kappa shape index (κ3) is 3.56. The normalized spacial score (nSPS) is 22.5. The van der Waals surface area contributed by atoms with E-state index in [1.807, 2.05) is 6.92 Å². The Morgan fingerprint density at radius 2 is 1.95 bits per heavy atom. The lowest BCUT2D eigenvalue weighted by atomic mass is 9.76. The zero-order chi connectivity index (χ0) is 15.6. The molecule has 6 heteroatoms. The average molecular weight is 301 g/mol. The number of aliphatic hydroxyl groups excluding tert-OH is 1. The van der Waals surface area contributed by atoms with E-state index < -0.39 is 35.3 Å². The van der Waals surface area contributed by atoms with Crippen LogP contribution in [0.2, 0.25) is 0 Å². The molecule has 116 valence electrons. The standard InChI is InChI=1S/C15H18F3NO2/c1-2-13(8-5-9(20)6-8)19-14(21)7-10-11(16)3-4-12(17)15(10)18/h3-4,8-9,13,20H,2,5-7H2,1H3,(H,19,21). The summed E-state index contributed by atoms with van der Waals surface area (Å²) in [5.41, 5.74) is -0.559. The van der Waals surface area contributed by atoms with E-state index in [0.717, 1.165) is 6.07 Å². The van der Waals surface area contributed by atoms with Crippen LogP contribution in [0.15, 0.2) is 12.1 Å². The van der Waals surface area contributed by atoms with Gasteiger partial charge in [-0.2, -0.15) is 0 Å². The van der Waals surface area contributed by atoms with Gasteiger partial charge in [0.2, 0.25) is 5.91 Å². The lowest BCUT2D eigenvalue weighted by molar-refractivity contribution is -0.122. The van der Waals surface area contributed by atoms with Gasteiger partial charge in [0.15, 0.2) is 11.6 Å². The van der Waals surface area contributed by atoms with Crippen molar-refractivity contribution < 1.29 is 23.1 Å². The first-order chi connectivity index (χ1) is 9.92. The quantitative estimate of drug-likeness (QED) is 0.820. The third-order valence-corrected chi connectivity index (χ3v) is 3.98. The molecule has 0 radical (unpaired) electrons. The molecule has 1 aromatic carbocycles. The van der Waals surface area contributed by atoms with Crippen LogP contribution >= 0.6 is 0 Å². The first kappa shape index (κ1) is 15.8. The molecule has 21 heavy (non-hydrogen) atoms. The van der Waals surface area contributed by atoms with E-state index in [-0.39, 0.29) is 18.1 Å². The molecule has 1 atom stereocenters. The van der Waals surface area contributed by atoms with E-state index in [4.69, 9.17) is 0 Å². The van der Waals surface area contributed by atoms with E-state index in [1.165, 1.54) is 0 Å². The SMILES string of the molecule is CCC(NC(=O)Cc1c(F)ccc(F)c1F)C1CC(O)C1. The Labute approximate surface area is 121 Å². The summed E-state index contributed by atoms with van der Waals surface area (Å²) in [5, 5.41) is 12.0. The number of aliphatic hydroxyl groups is 1. The van der Waals surface area contributed by atoms with Crippen molar-refractivity contribution in [3.05, 3.63) is 35.1 Å². The van der Waals surface area contributed by atoms with E-state index in [0.29, 0.717) is 25.3 Å². The number of benzene rings is 1. The fourth-order valence-electron chi connectivity index (χ4n) is 2.66. The summed E-state index contributed by atoms with van der Waals surface area (Å²) < 4.78 is 40.1. The predicted octanol–water partition coefficient (Wildman–Crippen LogP) is 2.31. The van der Waals surface area contributed by atoms with Crippen molar-refractivity contribution in [2.45, 2.75) is 44.8 Å². The third-order valence-electron chi connectivity index (χ3n) is 3.98. The van der Waals surface area contributed by atoms with Gasteiger partial charge in [0, 0.05) is 11.6 Å². The molecule has 2 rings (SSSR count). The number of nitrogens with one attached hydrogen (secondary N) is 1. The number of carbonyl (C=O) groups excluding carboxylic acids is 1. The summed E-state index contributed by atoms with van der Waals surface area (Å²) in [6, 6.07) is 1.36. The van der Waals surface area contributed by atoms with Crippen molar-refractivity contribution in [1.82, 2.24) is 5.32 Å². The Bertz CT molecular complexity index is 530. The molecule has 1 unspecified atom stereocenters. The van der Waals surface area contributed by atoms with Gasteiger partial charge in [0.05, 0.1) is 12.5 Å². The number of carbonyl (C=O) groups is 1. The van der Waals surface area contributed by atoms with Crippen molar-refractivity contribution in [3.63, 3.8) is 0 Å². The minimum absolute atomic E-state index is 0.138. The molecule has 0 saturated heterocycles. The average Bonchev–Trinajstić information content (AvgIpc) is 2.42. The Balaban J connectivity index is 2.00. The molecule has 0 spiro atoms. The van der Waals surface area contributed by atoms with Crippen molar-refractivity contribution in [2.24, 2.45) is 5.92 Å². The van der Waals surface area contributed by atoms with Gasteiger partial charge in [-0.25, -0.2) is 13.2 Å². The number of hydrogen-bond acceptors (Lipinski definition) is 2. The van der Waals surface area contributed by atoms with Gasteiger partial charge < -0.3 is 10.4 Å². The fourth-order valence-corrected chi connectivity index (χ4v) is 2.66. The molecule has 0 aliphatic heterocycles. The van der Waals surface area contributed by atoms with Gasteiger partial charge in [0.1, 0.15) is 5.82 Å². The second kappa shape index (κ2) is 6.47. The molecule has 1 aliphatic carbocycles. The summed E-state index contributed by atoms with van der Waals surface area (Å²) in [6.07, 6.45) is 1.01. The van der Waals surface area contributed by atoms with Crippen LogP contribution < -0.4 is 5.32 Å². The highest BCUT2D eigenvalue weighted by atomic mass is 19.2. The number of hydrogen-bond donors (Lipinski definition) is 2. The summed E-state index contributed by atoms with van der Waals surface area (Å²) in [6.45, 7) is 1.89. The number of amides is 1. The molecule has 2 N–H and O–H groups in total. The van der Waals surface area contributed by atoms with E-state index in [9.17, 15) is 23.1 Å². The smallest absolute Gasteiger partial charge is 0.224 e. The van der Waals surface area contributed by atoms with Gasteiger partial charge in [-0.05, 0) is 37.3 Å². The minimum Gasteiger partial charge on any atom is -0.393 e. The lowest BCUT2D eigenvalue weighted by Gasteiger charge is -2.37. The van der Waals surface area contributed by atoms with Gasteiger partial charge in [-0.3, -0.25) is 4.79 Å². The summed E-state index contributed by atoms with van der Waals surface area (Å²) >= 11 is 0. The molecule has 1 fully saturated rings. The molecule has 3 nitrogen and oxygen atoms in total. The van der Waals surface area contributed by atoms with Gasteiger partial charge in [-0.15, -0.1) is 0 Å². The van der Waals surface area contributed by atoms with Crippen LogP contribution in [0.1, 0.15) is 31.7 Å². The zero-order valence-corrected chi connectivity index (χ0v) is 11.7. The largest absolute Gasteiger partial charge is 0.393 e. The zero-order valence-electron chi connectivity index (χ0n) is 11.7. The molecule has 0 heterocycles. The number of halogens is 3. The Kier molecular flexibility index (Phi) is 4.88. The van der Waals surface area contributed by atoms with Crippen LogP contribution in [0.5, 0.6) is 0 Å². The maximum atomic E-state index is 13.5. The van der Waals surface area contributed by atoms with E-state index in [1.54, 1.807) is 0 Å². The molecule has 1 saturated carbocycles. The lowest BCUT2D eigenvalue weighted by Crippen LogP contribution is -2.47. The molecular formula is C15H18F3NO2. The van der Waals surface area contributed by atoms with Crippen molar-refractivity contribution in [2.75, 3.05) is 0 Å². The van der Waals surface area contributed by atoms with Gasteiger partial charge in [0.25, 0.3) is 0 Å². The van der Waals surface area contributed by atoms with Crippen LogP contribution in [0.4, 0.5) is 13.2 Å². The van der Waals surface area contributed by atoms with Crippen molar-refractivity contribution in [1.29, 1.82) is 0 Å². The Morgan fingerprint density at radius 1 is 1.33 bits per heavy atom. The summed E-state index contributed by atoms with van der Waals surface area (Å²) in [7, 11) is 0. The van der Waals surface area contributed by atoms with E-state index in [2.05, 4.69) is 5.32 Å². The first-order valence-electron chi connectivity index (χ1n) is 7.02. The molecule has 0 bridgehead atoms. The molecule has 0 aromatic heterocycles. The second-order valence-electron chi connectivity index (χ2n) is 5.47. The Morgan fingerprint density at radius 3 is 2.52 bits per heavy atom. The summed E-state index contributed by atoms with van der Waals surface area (Å²) in [5.74, 6) is -3.80. The highest BCUT2D eigenvalue weighted by Crippen LogP contribution is 2.31. The maximum Gasteiger partial charge on any atom is 0.224 e. The van der Waals surface area contributed by atoms with Gasteiger partial charge in [-0.1, -0.05) is 6.92 Å². The van der Waals surface area contributed by atoms with Crippen LogP contribution in [0.3, 0.4) is 0 Å². The van der Waals surface area contributed by atoms with Crippen LogP contribution in [0.25, 0.3) is 0 Å². The monoisotopic (exact) mass is 301 g/mol. The number of rotatable bonds is 5. The highest BCUT2D eigenvalue weighted by molar-refractivity contribution is 5.79. The molecule has 1 aliphatic rings. The predicted molar refractivity (Wildman–Crippen MR) is 71.0 cm³/mol. The first-order valence-corrected chi connectivity index (χ1v) is 7.02. The Hall–Kier alpha value is -1.56. The fraction of sp³-hybridized carbons (Fsp3) is 0.533. The molecule has 1 amide bonds. The van der Waals surface area contributed by atoms with E-state index >= 15 is 0 Å². The topological polar surface area (TPSA) is 49.3 Å². The van der Waals surface area contributed by atoms with Crippen LogP contribution in [-0.4, -0.2) is 23.2 Å². The molecular weight excluding hydrogens is 283 g/mol. The van der Waals surface area contributed by atoms with Gasteiger partial charge >= 0.3 is 0 Å². The van der Waals surface area contributed by atoms with Crippen molar-refractivity contribution >= 4 is 5.91 Å². The van der Waals surface area contributed by atoms with Crippen LogP contribution in [-0.2, 0) is 11.2 Å². The molecule has 1 aromatic rings.